The summed E-state index contributed by atoms with van der Waals surface area (Å²) in [6, 6.07) is 0. The summed E-state index contributed by atoms with van der Waals surface area (Å²) < 4.78 is 1.90. The van der Waals surface area contributed by atoms with Crippen LogP contribution in [0.2, 0.25) is 0 Å². The van der Waals surface area contributed by atoms with Crippen molar-refractivity contribution in [1.82, 2.24) is 20.2 Å². The average molecular weight is 295 g/mol. The average Bonchev–Trinajstić information content (AvgIpc) is 2.99. The molecule has 2 N–H and O–H groups in total. The van der Waals surface area contributed by atoms with E-state index in [2.05, 4.69) is 15.6 Å². The summed E-state index contributed by atoms with van der Waals surface area (Å²) in [6.45, 7) is 1.87. The summed E-state index contributed by atoms with van der Waals surface area (Å²) >= 11 is 0. The first-order valence-electron chi connectivity index (χ1n) is 5.69. The predicted molar refractivity (Wildman–Crippen MR) is 75.1 cm³/mol. The number of halogens is 2. The Morgan fingerprint density at radius 1 is 1.50 bits per heavy atom. The van der Waals surface area contributed by atoms with Crippen LogP contribution in [-0.4, -0.2) is 28.5 Å². The number of imidazole rings is 1. The third kappa shape index (κ3) is 5.71. The van der Waals surface area contributed by atoms with Gasteiger partial charge in [-0.25, -0.2) is 4.98 Å². The molecule has 1 aromatic heterocycles. The zero-order valence-electron chi connectivity index (χ0n) is 10.4. The van der Waals surface area contributed by atoms with Gasteiger partial charge >= 0.3 is 0 Å². The van der Waals surface area contributed by atoms with Crippen molar-refractivity contribution in [3.8, 4) is 0 Å². The normalized spacial score (nSPS) is 13.4. The van der Waals surface area contributed by atoms with Gasteiger partial charge in [-0.1, -0.05) is 0 Å². The Bertz CT molecular complexity index is 366. The van der Waals surface area contributed by atoms with E-state index in [0.29, 0.717) is 13.1 Å². The zero-order chi connectivity index (χ0) is 11.4. The fourth-order valence-corrected chi connectivity index (χ4v) is 1.52. The molecule has 1 aromatic rings. The quantitative estimate of drug-likeness (QED) is 0.819. The van der Waals surface area contributed by atoms with Crippen molar-refractivity contribution in [2.75, 3.05) is 13.1 Å². The maximum Gasteiger partial charge on any atom is 0.234 e. The summed E-state index contributed by atoms with van der Waals surface area (Å²) in [5.74, 6) is 1.71. The van der Waals surface area contributed by atoms with E-state index >= 15 is 0 Å². The first-order chi connectivity index (χ1) is 7.75. The summed E-state index contributed by atoms with van der Waals surface area (Å²) in [5, 5.41) is 5.99. The Labute approximate surface area is 120 Å². The topological polar surface area (TPSA) is 59.0 Å². The molecular weight excluding hydrogens is 275 g/mol. The Kier molecular flexibility index (Phi) is 7.98. The first kappa shape index (κ1) is 17.2. The summed E-state index contributed by atoms with van der Waals surface area (Å²) in [4.78, 5) is 15.6. The van der Waals surface area contributed by atoms with Crippen LogP contribution in [0.1, 0.15) is 18.7 Å². The standard InChI is InChI=1S/C11H18N4O.2ClH/c1-15-5-4-13-10(15)7-14-11(16)8-12-6-9-2-3-9;;/h4-5,9,12H,2-3,6-8H2,1H3,(H,14,16);2*1H. The third-order valence-corrected chi connectivity index (χ3v) is 2.78. The van der Waals surface area contributed by atoms with Gasteiger partial charge in [-0.15, -0.1) is 24.8 Å². The Hall–Kier alpha value is -0.780. The number of nitrogens with zero attached hydrogens (tertiary/aromatic N) is 2. The molecule has 0 aromatic carbocycles. The number of hydrogen-bond donors (Lipinski definition) is 2. The van der Waals surface area contributed by atoms with Crippen molar-refractivity contribution in [3.63, 3.8) is 0 Å². The minimum absolute atomic E-state index is 0. The van der Waals surface area contributed by atoms with E-state index in [-0.39, 0.29) is 30.7 Å². The van der Waals surface area contributed by atoms with Crippen molar-refractivity contribution in [1.29, 1.82) is 0 Å². The van der Waals surface area contributed by atoms with E-state index in [1.165, 1.54) is 12.8 Å². The minimum Gasteiger partial charge on any atom is -0.348 e. The van der Waals surface area contributed by atoms with E-state index < -0.39 is 0 Å². The molecule has 0 atom stereocenters. The van der Waals surface area contributed by atoms with Gasteiger partial charge in [-0.05, 0) is 25.3 Å². The summed E-state index contributed by atoms with van der Waals surface area (Å²) in [6.07, 6.45) is 6.21. The second-order valence-electron chi connectivity index (χ2n) is 4.31. The number of carbonyl (C=O) groups is 1. The molecule has 0 spiro atoms. The van der Waals surface area contributed by atoms with E-state index in [1.807, 2.05) is 17.8 Å². The van der Waals surface area contributed by atoms with Gasteiger partial charge in [0, 0.05) is 19.4 Å². The lowest BCUT2D eigenvalue weighted by atomic mass is 10.4. The van der Waals surface area contributed by atoms with Gasteiger partial charge in [-0.3, -0.25) is 4.79 Å². The largest absolute Gasteiger partial charge is 0.348 e. The van der Waals surface area contributed by atoms with Crippen LogP contribution in [0.4, 0.5) is 0 Å². The molecule has 2 rings (SSSR count). The molecule has 1 aliphatic carbocycles. The van der Waals surface area contributed by atoms with Gasteiger partial charge < -0.3 is 15.2 Å². The highest BCUT2D eigenvalue weighted by Crippen LogP contribution is 2.27. The minimum atomic E-state index is 0. The highest BCUT2D eigenvalue weighted by Gasteiger charge is 2.20. The van der Waals surface area contributed by atoms with Crippen molar-refractivity contribution in [2.45, 2.75) is 19.4 Å². The number of hydrogen-bond acceptors (Lipinski definition) is 3. The highest BCUT2D eigenvalue weighted by atomic mass is 35.5. The van der Waals surface area contributed by atoms with Crippen LogP contribution >= 0.6 is 24.8 Å². The Morgan fingerprint density at radius 3 is 2.78 bits per heavy atom. The van der Waals surface area contributed by atoms with Crippen LogP contribution in [0, 0.1) is 5.92 Å². The molecule has 0 bridgehead atoms. The molecule has 18 heavy (non-hydrogen) atoms. The number of aromatic nitrogens is 2. The molecule has 0 radical (unpaired) electrons. The van der Waals surface area contributed by atoms with Gasteiger partial charge in [0.25, 0.3) is 0 Å². The van der Waals surface area contributed by atoms with Crippen LogP contribution in [0.15, 0.2) is 12.4 Å². The van der Waals surface area contributed by atoms with Gasteiger partial charge in [0.15, 0.2) is 0 Å². The first-order valence-corrected chi connectivity index (χ1v) is 5.69. The van der Waals surface area contributed by atoms with Gasteiger partial charge in [0.05, 0.1) is 13.1 Å². The SMILES string of the molecule is Cl.Cl.Cn1ccnc1CNC(=O)CNCC1CC1. The molecular formula is C11H20Cl2N4O. The molecule has 1 amide bonds. The molecule has 1 aliphatic rings. The molecule has 1 heterocycles. The van der Waals surface area contributed by atoms with Gasteiger partial charge in [-0.2, -0.15) is 0 Å². The molecule has 1 saturated carbocycles. The van der Waals surface area contributed by atoms with E-state index in [9.17, 15) is 4.79 Å². The molecule has 104 valence electrons. The molecule has 0 unspecified atom stereocenters. The Morgan fingerprint density at radius 2 is 2.22 bits per heavy atom. The smallest absolute Gasteiger partial charge is 0.234 e. The van der Waals surface area contributed by atoms with E-state index in [4.69, 9.17) is 0 Å². The zero-order valence-corrected chi connectivity index (χ0v) is 12.0. The van der Waals surface area contributed by atoms with Crippen LogP contribution < -0.4 is 10.6 Å². The second-order valence-corrected chi connectivity index (χ2v) is 4.31. The fraction of sp³-hybridized carbons (Fsp3) is 0.636. The number of carbonyl (C=O) groups excluding carboxylic acids is 1. The number of aryl methyl sites for hydroxylation is 1. The van der Waals surface area contributed by atoms with Crippen molar-refractivity contribution < 1.29 is 4.79 Å². The number of nitrogens with one attached hydrogen (secondary N) is 2. The van der Waals surface area contributed by atoms with Gasteiger partial charge in [0.2, 0.25) is 5.91 Å². The van der Waals surface area contributed by atoms with E-state index in [1.54, 1.807) is 6.20 Å². The maximum absolute atomic E-state index is 11.4. The summed E-state index contributed by atoms with van der Waals surface area (Å²) in [7, 11) is 1.92. The van der Waals surface area contributed by atoms with Crippen LogP contribution in [0.3, 0.4) is 0 Å². The van der Waals surface area contributed by atoms with Crippen LogP contribution in [-0.2, 0) is 18.4 Å². The van der Waals surface area contributed by atoms with E-state index in [0.717, 1.165) is 18.3 Å². The van der Waals surface area contributed by atoms with Crippen LogP contribution in [0.5, 0.6) is 0 Å². The predicted octanol–water partition coefficient (Wildman–Crippen LogP) is 0.879. The monoisotopic (exact) mass is 294 g/mol. The van der Waals surface area contributed by atoms with Crippen LogP contribution in [0.25, 0.3) is 0 Å². The lowest BCUT2D eigenvalue weighted by Crippen LogP contribution is -2.34. The molecule has 0 aliphatic heterocycles. The lowest BCUT2D eigenvalue weighted by molar-refractivity contribution is -0.120. The lowest BCUT2D eigenvalue weighted by Gasteiger charge is -2.06. The van der Waals surface area contributed by atoms with Crippen molar-refractivity contribution >= 4 is 30.7 Å². The third-order valence-electron chi connectivity index (χ3n) is 2.78. The number of rotatable bonds is 6. The maximum atomic E-state index is 11.4. The molecule has 0 saturated heterocycles. The van der Waals surface area contributed by atoms with Crippen molar-refractivity contribution in [3.05, 3.63) is 18.2 Å². The Balaban J connectivity index is 0.00000144. The fourth-order valence-electron chi connectivity index (χ4n) is 1.52. The second kappa shape index (κ2) is 8.34. The highest BCUT2D eigenvalue weighted by molar-refractivity contribution is 5.85. The van der Waals surface area contributed by atoms with Crippen molar-refractivity contribution in [2.24, 2.45) is 13.0 Å². The number of amides is 1. The molecule has 1 fully saturated rings. The molecule has 7 heteroatoms. The van der Waals surface area contributed by atoms with Gasteiger partial charge in [0.1, 0.15) is 5.82 Å². The molecule has 5 nitrogen and oxygen atoms in total. The summed E-state index contributed by atoms with van der Waals surface area (Å²) in [5.41, 5.74) is 0.